The van der Waals surface area contributed by atoms with E-state index in [1.165, 1.54) is 16.7 Å². The number of nitrogens with one attached hydrogen (secondary N) is 1. The Kier molecular flexibility index (Phi) is 5.99. The second-order valence-electron chi connectivity index (χ2n) is 8.32. The highest BCUT2D eigenvalue weighted by Crippen LogP contribution is 2.44. The smallest absolute Gasteiger partial charge is 0.407 e. The van der Waals surface area contributed by atoms with Gasteiger partial charge in [0.15, 0.2) is 6.10 Å². The minimum absolute atomic E-state index is 0.0571. The summed E-state index contributed by atoms with van der Waals surface area (Å²) in [7, 11) is 0. The van der Waals surface area contributed by atoms with Crippen molar-refractivity contribution in [3.05, 3.63) is 59.7 Å². The average molecular weight is 469 g/mol. The highest BCUT2D eigenvalue weighted by atomic mass is 32.2. The summed E-state index contributed by atoms with van der Waals surface area (Å²) in [6, 6.07) is 14.8. The van der Waals surface area contributed by atoms with E-state index in [-0.39, 0.29) is 12.5 Å². The maximum absolute atomic E-state index is 12.9. The molecule has 3 aliphatic rings. The first-order chi connectivity index (χ1) is 16.0. The van der Waals surface area contributed by atoms with Crippen LogP contribution in [0.2, 0.25) is 0 Å². The third-order valence-corrected chi connectivity index (χ3v) is 7.44. The largest absolute Gasteiger partial charge is 0.480 e. The van der Waals surface area contributed by atoms with Crippen LogP contribution in [0.3, 0.4) is 0 Å². The molecule has 1 aliphatic carbocycles. The number of hydrogen-bond donors (Lipinski definition) is 2. The first kappa shape index (κ1) is 21.8. The van der Waals surface area contributed by atoms with E-state index < -0.39 is 36.2 Å². The van der Waals surface area contributed by atoms with E-state index in [1.54, 1.807) is 0 Å². The van der Waals surface area contributed by atoms with Crippen LogP contribution >= 0.6 is 11.8 Å². The van der Waals surface area contributed by atoms with Crippen molar-refractivity contribution in [1.29, 1.82) is 0 Å². The molecule has 2 heterocycles. The second-order valence-corrected chi connectivity index (χ2v) is 9.32. The maximum atomic E-state index is 12.9. The number of alkyl carbamates (subject to hydrolysis) is 1. The molecule has 0 spiro atoms. The van der Waals surface area contributed by atoms with Gasteiger partial charge in [-0.05, 0) is 28.7 Å². The van der Waals surface area contributed by atoms with Gasteiger partial charge in [-0.15, -0.1) is 11.8 Å². The van der Waals surface area contributed by atoms with Crippen molar-refractivity contribution in [3.8, 4) is 11.1 Å². The van der Waals surface area contributed by atoms with Gasteiger partial charge in [-0.2, -0.15) is 0 Å². The van der Waals surface area contributed by atoms with Crippen LogP contribution < -0.4 is 5.32 Å². The number of hydrogen-bond acceptors (Lipinski definition) is 6. The Morgan fingerprint density at radius 2 is 1.76 bits per heavy atom. The topological polar surface area (TPSA) is 105 Å². The number of fused-ring (bicyclic) bond motifs is 3. The van der Waals surface area contributed by atoms with Crippen LogP contribution in [0.25, 0.3) is 11.1 Å². The molecule has 5 rings (SSSR count). The summed E-state index contributed by atoms with van der Waals surface area (Å²) in [5, 5.41) is 12.1. The molecule has 2 amide bonds. The predicted molar refractivity (Wildman–Crippen MR) is 122 cm³/mol. The molecule has 2 N–H and O–H groups in total. The van der Waals surface area contributed by atoms with Gasteiger partial charge in [0.1, 0.15) is 12.6 Å². The number of amides is 2. The molecule has 2 saturated heterocycles. The lowest BCUT2D eigenvalue weighted by atomic mass is 9.98. The molecule has 2 aliphatic heterocycles. The van der Waals surface area contributed by atoms with Crippen molar-refractivity contribution in [2.75, 3.05) is 24.8 Å². The number of nitrogens with zero attached hydrogens (tertiary/aromatic N) is 1. The average Bonchev–Trinajstić information content (AvgIpc) is 3.55. The monoisotopic (exact) mass is 468 g/mol. The molecule has 0 radical (unpaired) electrons. The Morgan fingerprint density at radius 1 is 1.09 bits per heavy atom. The fourth-order valence-electron chi connectivity index (χ4n) is 4.80. The summed E-state index contributed by atoms with van der Waals surface area (Å²) in [6.45, 7) is 0.485. The predicted octanol–water partition coefficient (Wildman–Crippen LogP) is 2.67. The van der Waals surface area contributed by atoms with E-state index in [0.29, 0.717) is 24.7 Å². The van der Waals surface area contributed by atoms with Crippen molar-refractivity contribution >= 4 is 29.7 Å². The van der Waals surface area contributed by atoms with Gasteiger partial charge in [0.2, 0.25) is 0 Å². The van der Waals surface area contributed by atoms with Crippen molar-refractivity contribution in [3.63, 3.8) is 0 Å². The summed E-state index contributed by atoms with van der Waals surface area (Å²) < 4.78 is 11.2. The number of carboxylic acids is 1. The molecule has 8 nitrogen and oxygen atoms in total. The summed E-state index contributed by atoms with van der Waals surface area (Å²) in [5.74, 6) is -0.856. The molecule has 172 valence electrons. The Hall–Kier alpha value is -3.04. The van der Waals surface area contributed by atoms with Gasteiger partial charge in [0, 0.05) is 18.3 Å². The number of rotatable bonds is 5. The molecule has 3 atom stereocenters. The van der Waals surface area contributed by atoms with Gasteiger partial charge in [-0.1, -0.05) is 48.5 Å². The van der Waals surface area contributed by atoms with Crippen molar-refractivity contribution in [2.45, 2.75) is 30.5 Å². The first-order valence-corrected chi connectivity index (χ1v) is 12.0. The van der Waals surface area contributed by atoms with Crippen LogP contribution in [-0.2, 0) is 19.1 Å². The van der Waals surface area contributed by atoms with E-state index in [1.807, 2.05) is 36.4 Å². The van der Waals surface area contributed by atoms with E-state index in [0.717, 1.165) is 22.3 Å². The van der Waals surface area contributed by atoms with Crippen molar-refractivity contribution in [1.82, 2.24) is 10.2 Å². The van der Waals surface area contributed by atoms with Crippen LogP contribution in [0.15, 0.2) is 48.5 Å². The molecule has 33 heavy (non-hydrogen) atoms. The van der Waals surface area contributed by atoms with Crippen LogP contribution in [0.1, 0.15) is 23.5 Å². The molecular formula is C24H24N2O6S. The third kappa shape index (κ3) is 4.06. The van der Waals surface area contributed by atoms with Gasteiger partial charge in [0.25, 0.3) is 5.91 Å². The number of aliphatic carboxylic acids is 1. The van der Waals surface area contributed by atoms with Crippen molar-refractivity contribution < 1.29 is 29.0 Å². The van der Waals surface area contributed by atoms with Gasteiger partial charge in [0.05, 0.1) is 11.9 Å². The van der Waals surface area contributed by atoms with Gasteiger partial charge < -0.3 is 24.8 Å². The Morgan fingerprint density at radius 3 is 2.42 bits per heavy atom. The van der Waals surface area contributed by atoms with Gasteiger partial charge in [-0.3, -0.25) is 4.79 Å². The lowest BCUT2D eigenvalue weighted by molar-refractivity contribution is -0.152. The molecule has 0 saturated carbocycles. The standard InChI is InChI=1S/C24H24N2O6S/c27-22(26-13-33-12-20(26)23(28)29)21-19(9-10-31-21)25-24(30)32-11-18-16-7-3-1-5-14(16)15-6-2-4-8-17(15)18/h1-8,18-21H,9-13H2,(H,25,30)(H,28,29)/t19-,20-,21+/m0/s1. The highest BCUT2D eigenvalue weighted by Gasteiger charge is 2.43. The SMILES string of the molecule is O=C(N[C@H]1CCO[C@H]1C(=O)N1CSC[C@H]1C(=O)O)OCC1c2ccccc2-c2ccccc21. The number of carboxylic acid groups (broad SMARTS) is 1. The van der Waals surface area contributed by atoms with Crippen LogP contribution in [0.4, 0.5) is 4.79 Å². The van der Waals surface area contributed by atoms with Crippen LogP contribution in [0.5, 0.6) is 0 Å². The van der Waals surface area contributed by atoms with Crippen molar-refractivity contribution in [2.24, 2.45) is 0 Å². The number of thioether (sulfide) groups is 1. The normalized spacial score (nSPS) is 23.8. The number of carbonyl (C=O) groups is 3. The molecular weight excluding hydrogens is 444 g/mol. The van der Waals surface area contributed by atoms with E-state index in [4.69, 9.17) is 9.47 Å². The molecule has 9 heteroatoms. The number of carbonyl (C=O) groups excluding carboxylic acids is 2. The van der Waals surface area contributed by atoms with E-state index in [2.05, 4.69) is 17.4 Å². The minimum Gasteiger partial charge on any atom is -0.480 e. The molecule has 0 aromatic heterocycles. The van der Waals surface area contributed by atoms with E-state index >= 15 is 0 Å². The van der Waals surface area contributed by atoms with Gasteiger partial charge in [-0.25, -0.2) is 9.59 Å². The zero-order chi connectivity index (χ0) is 22.9. The number of ether oxygens (including phenoxy) is 2. The van der Waals surface area contributed by atoms with Crippen LogP contribution in [-0.4, -0.2) is 71.0 Å². The van der Waals surface area contributed by atoms with E-state index in [9.17, 15) is 19.5 Å². The highest BCUT2D eigenvalue weighted by molar-refractivity contribution is 7.99. The zero-order valence-corrected chi connectivity index (χ0v) is 18.6. The number of benzene rings is 2. The molecule has 2 fully saturated rings. The summed E-state index contributed by atoms with van der Waals surface area (Å²) in [5.41, 5.74) is 4.53. The Labute approximate surface area is 195 Å². The quantitative estimate of drug-likeness (QED) is 0.695. The Bertz CT molecular complexity index is 1050. The molecule has 2 aromatic rings. The molecule has 2 aromatic carbocycles. The maximum Gasteiger partial charge on any atom is 0.407 e. The summed E-state index contributed by atoms with van der Waals surface area (Å²) >= 11 is 1.39. The first-order valence-electron chi connectivity index (χ1n) is 10.9. The lowest BCUT2D eigenvalue weighted by Gasteiger charge is -2.26. The zero-order valence-electron chi connectivity index (χ0n) is 17.8. The fourth-order valence-corrected chi connectivity index (χ4v) is 5.96. The fraction of sp³-hybridized carbons (Fsp3) is 0.375. The summed E-state index contributed by atoms with van der Waals surface area (Å²) in [4.78, 5) is 38.3. The van der Waals surface area contributed by atoms with Crippen LogP contribution in [0, 0.1) is 0 Å². The third-order valence-electron chi connectivity index (χ3n) is 6.43. The second kappa shape index (κ2) is 9.07. The lowest BCUT2D eigenvalue weighted by Crippen LogP contribution is -2.52. The van der Waals surface area contributed by atoms with Gasteiger partial charge >= 0.3 is 12.1 Å². The summed E-state index contributed by atoms with van der Waals surface area (Å²) in [6.07, 6.45) is -1.07. The Balaban J connectivity index is 1.23. The molecule has 0 bridgehead atoms. The molecule has 0 unspecified atom stereocenters. The minimum atomic E-state index is -1.03.